The molecule has 0 atom stereocenters. The van der Waals surface area contributed by atoms with Gasteiger partial charge >= 0.3 is 0 Å². The Morgan fingerprint density at radius 1 is 0.833 bits per heavy atom. The molecule has 0 bridgehead atoms. The van der Waals surface area contributed by atoms with Gasteiger partial charge in [-0.05, 0) is 53.9 Å². The fraction of sp³-hybridized carbons (Fsp3) is 0.0435. The van der Waals surface area contributed by atoms with E-state index in [-0.39, 0.29) is 11.8 Å². The van der Waals surface area contributed by atoms with E-state index in [2.05, 4.69) is 10.6 Å². The van der Waals surface area contributed by atoms with Crippen molar-refractivity contribution >= 4 is 45.9 Å². The van der Waals surface area contributed by atoms with Gasteiger partial charge in [-0.2, -0.15) is 0 Å². The van der Waals surface area contributed by atoms with Gasteiger partial charge in [0.2, 0.25) is 0 Å². The molecule has 0 saturated heterocycles. The first-order valence-electron chi connectivity index (χ1n) is 9.28. The molecular weight excluding hydrogens is 416 g/mol. The predicted octanol–water partition coefficient (Wildman–Crippen LogP) is 5.87. The van der Waals surface area contributed by atoms with Crippen LogP contribution in [-0.4, -0.2) is 11.8 Å². The van der Waals surface area contributed by atoms with Crippen LogP contribution in [0.4, 0.5) is 11.4 Å². The van der Waals surface area contributed by atoms with Crippen LogP contribution in [0.5, 0.6) is 5.75 Å². The van der Waals surface area contributed by atoms with Crippen molar-refractivity contribution in [3.8, 4) is 16.2 Å². The Bertz CT molecular complexity index is 1230. The molecule has 1 aliphatic rings. The van der Waals surface area contributed by atoms with Gasteiger partial charge in [0.1, 0.15) is 12.4 Å². The van der Waals surface area contributed by atoms with Gasteiger partial charge in [0.15, 0.2) is 0 Å². The molecular formula is C23H16N2O3S2. The van der Waals surface area contributed by atoms with Crippen molar-refractivity contribution in [3.05, 3.63) is 87.4 Å². The molecule has 1 aliphatic heterocycles. The molecule has 2 amide bonds. The molecule has 0 aliphatic carbocycles. The van der Waals surface area contributed by atoms with Gasteiger partial charge < -0.3 is 15.4 Å². The molecule has 0 unspecified atom stereocenters. The SMILES string of the molecule is O=C(Nc1ccc(NC(=O)c2cc3c(s2)-c2ccccc2OC3)cc1)c1cccs1. The first-order valence-corrected chi connectivity index (χ1v) is 11.0. The van der Waals surface area contributed by atoms with E-state index < -0.39 is 0 Å². The number of carbonyl (C=O) groups is 2. The lowest BCUT2D eigenvalue weighted by Crippen LogP contribution is -2.11. The third kappa shape index (κ3) is 3.60. The zero-order valence-electron chi connectivity index (χ0n) is 15.7. The minimum Gasteiger partial charge on any atom is -0.488 e. The van der Waals surface area contributed by atoms with Crippen molar-refractivity contribution in [3.63, 3.8) is 0 Å². The van der Waals surface area contributed by atoms with Crippen LogP contribution in [0.15, 0.2) is 72.1 Å². The molecule has 0 spiro atoms. The van der Waals surface area contributed by atoms with Crippen LogP contribution in [0.2, 0.25) is 0 Å². The molecule has 0 radical (unpaired) electrons. The summed E-state index contributed by atoms with van der Waals surface area (Å²) in [5, 5.41) is 7.63. The molecule has 0 saturated carbocycles. The van der Waals surface area contributed by atoms with Crippen molar-refractivity contribution < 1.29 is 14.3 Å². The molecule has 4 aromatic rings. The number of fused-ring (bicyclic) bond motifs is 3. The molecule has 5 nitrogen and oxygen atoms in total. The second kappa shape index (κ2) is 7.78. The summed E-state index contributed by atoms with van der Waals surface area (Å²) in [6.45, 7) is 0.467. The fourth-order valence-corrected chi connectivity index (χ4v) is 4.95. The summed E-state index contributed by atoms with van der Waals surface area (Å²) >= 11 is 2.86. The van der Waals surface area contributed by atoms with Crippen molar-refractivity contribution in [2.24, 2.45) is 0 Å². The maximum Gasteiger partial charge on any atom is 0.265 e. The average Bonchev–Trinajstić information content (AvgIpc) is 3.45. The number of hydrogen-bond acceptors (Lipinski definition) is 5. The molecule has 5 rings (SSSR count). The van der Waals surface area contributed by atoms with E-state index in [9.17, 15) is 9.59 Å². The molecule has 0 fully saturated rings. The number of thiophene rings is 2. The van der Waals surface area contributed by atoms with Gasteiger partial charge in [-0.25, -0.2) is 0 Å². The topological polar surface area (TPSA) is 67.4 Å². The number of anilines is 2. The molecule has 30 heavy (non-hydrogen) atoms. The first-order chi connectivity index (χ1) is 14.7. The maximum atomic E-state index is 12.8. The van der Waals surface area contributed by atoms with Crippen LogP contribution in [0.1, 0.15) is 24.9 Å². The highest BCUT2D eigenvalue weighted by molar-refractivity contribution is 7.17. The Hall–Kier alpha value is -3.42. The van der Waals surface area contributed by atoms with E-state index in [4.69, 9.17) is 4.74 Å². The fourth-order valence-electron chi connectivity index (χ4n) is 3.24. The Morgan fingerprint density at radius 3 is 2.23 bits per heavy atom. The van der Waals surface area contributed by atoms with Gasteiger partial charge in [0.05, 0.1) is 9.75 Å². The van der Waals surface area contributed by atoms with E-state index in [1.807, 2.05) is 41.8 Å². The van der Waals surface area contributed by atoms with E-state index in [0.717, 1.165) is 21.8 Å². The number of hydrogen-bond donors (Lipinski definition) is 2. The smallest absolute Gasteiger partial charge is 0.265 e. The van der Waals surface area contributed by atoms with Crippen LogP contribution >= 0.6 is 22.7 Å². The van der Waals surface area contributed by atoms with Crippen LogP contribution in [0.3, 0.4) is 0 Å². The first kappa shape index (κ1) is 18.6. The summed E-state index contributed by atoms with van der Waals surface area (Å²) in [5.41, 5.74) is 3.38. The molecule has 2 aromatic carbocycles. The zero-order chi connectivity index (χ0) is 20.5. The van der Waals surface area contributed by atoms with Crippen LogP contribution < -0.4 is 15.4 Å². The number of ether oxygens (including phenoxy) is 1. The Balaban J connectivity index is 1.28. The highest BCUT2D eigenvalue weighted by Crippen LogP contribution is 2.42. The minimum absolute atomic E-state index is 0.145. The van der Waals surface area contributed by atoms with E-state index >= 15 is 0 Å². The zero-order valence-corrected chi connectivity index (χ0v) is 17.3. The number of para-hydroxylation sites is 1. The normalized spacial score (nSPS) is 11.7. The third-order valence-electron chi connectivity index (χ3n) is 4.69. The van der Waals surface area contributed by atoms with Crippen molar-refractivity contribution in [1.82, 2.24) is 0 Å². The summed E-state index contributed by atoms with van der Waals surface area (Å²) in [5.74, 6) is 0.537. The van der Waals surface area contributed by atoms with Crippen LogP contribution in [-0.2, 0) is 6.61 Å². The molecule has 2 N–H and O–H groups in total. The van der Waals surface area contributed by atoms with E-state index in [0.29, 0.717) is 27.7 Å². The molecule has 3 heterocycles. The van der Waals surface area contributed by atoms with Gasteiger partial charge in [-0.3, -0.25) is 9.59 Å². The summed E-state index contributed by atoms with van der Waals surface area (Å²) in [6, 6.07) is 20.4. The molecule has 7 heteroatoms. The molecule has 148 valence electrons. The quantitative estimate of drug-likeness (QED) is 0.424. The highest BCUT2D eigenvalue weighted by Gasteiger charge is 2.22. The number of benzene rings is 2. The highest BCUT2D eigenvalue weighted by atomic mass is 32.1. The van der Waals surface area contributed by atoms with Crippen molar-refractivity contribution in [2.75, 3.05) is 10.6 Å². The average molecular weight is 433 g/mol. The largest absolute Gasteiger partial charge is 0.488 e. The van der Waals surface area contributed by atoms with Crippen LogP contribution in [0, 0.1) is 0 Å². The lowest BCUT2D eigenvalue weighted by Gasteiger charge is -2.16. The van der Waals surface area contributed by atoms with Gasteiger partial charge in [0, 0.05) is 27.4 Å². The van der Waals surface area contributed by atoms with Crippen molar-refractivity contribution in [1.29, 1.82) is 0 Å². The maximum absolute atomic E-state index is 12.8. The van der Waals surface area contributed by atoms with Crippen molar-refractivity contribution in [2.45, 2.75) is 6.61 Å². The second-order valence-electron chi connectivity index (χ2n) is 6.71. The number of carbonyl (C=O) groups excluding carboxylic acids is 2. The number of amides is 2. The lowest BCUT2D eigenvalue weighted by molar-refractivity contribution is 0.102. The van der Waals surface area contributed by atoms with Crippen LogP contribution in [0.25, 0.3) is 10.4 Å². The van der Waals surface area contributed by atoms with Gasteiger partial charge in [0.25, 0.3) is 11.8 Å². The van der Waals surface area contributed by atoms with E-state index in [1.165, 1.54) is 22.7 Å². The third-order valence-corrected chi connectivity index (χ3v) is 6.77. The summed E-state index contributed by atoms with van der Waals surface area (Å²) < 4.78 is 5.77. The summed E-state index contributed by atoms with van der Waals surface area (Å²) in [4.78, 5) is 27.2. The van der Waals surface area contributed by atoms with Gasteiger partial charge in [-0.1, -0.05) is 18.2 Å². The summed E-state index contributed by atoms with van der Waals surface area (Å²) in [7, 11) is 0. The lowest BCUT2D eigenvalue weighted by atomic mass is 10.1. The minimum atomic E-state index is -0.165. The Morgan fingerprint density at radius 2 is 1.53 bits per heavy atom. The Kier molecular flexibility index (Phi) is 4.82. The summed E-state index contributed by atoms with van der Waals surface area (Å²) in [6.07, 6.45) is 0. The van der Waals surface area contributed by atoms with Gasteiger partial charge in [-0.15, -0.1) is 22.7 Å². The number of nitrogens with one attached hydrogen (secondary N) is 2. The standard InChI is InChI=1S/C23H16N2O3S2/c26-22(19-6-3-11-29-19)24-15-7-9-16(10-8-15)25-23(27)20-12-14-13-28-18-5-2-1-4-17(18)21(14)30-20/h1-12H,13H2,(H,24,26)(H,25,27). The Labute approximate surface area is 181 Å². The second-order valence-corrected chi connectivity index (χ2v) is 8.71. The van der Waals surface area contributed by atoms with E-state index in [1.54, 1.807) is 30.3 Å². The number of rotatable bonds is 4. The predicted molar refractivity (Wildman–Crippen MR) is 121 cm³/mol. The molecule has 2 aromatic heterocycles. The monoisotopic (exact) mass is 432 g/mol.